The molecular weight excluding hydrogens is 461 g/mol. The second-order valence-corrected chi connectivity index (χ2v) is 6.91. The zero-order chi connectivity index (χ0) is 24.6. The lowest BCUT2D eigenvalue weighted by Gasteiger charge is -2.11. The number of alkyl halides is 3. The van der Waals surface area contributed by atoms with Crippen molar-refractivity contribution in [3.63, 3.8) is 0 Å². The predicted molar refractivity (Wildman–Crippen MR) is 113 cm³/mol. The Bertz CT molecular complexity index is 1460. The predicted octanol–water partition coefficient (Wildman–Crippen LogP) is 5.22. The second-order valence-electron chi connectivity index (χ2n) is 6.91. The molecule has 0 aliphatic rings. The summed E-state index contributed by atoms with van der Waals surface area (Å²) < 4.78 is 44.4. The summed E-state index contributed by atoms with van der Waals surface area (Å²) in [6.07, 6.45) is -5.04. The number of para-hydroxylation sites is 1. The van der Waals surface area contributed by atoms with Crippen molar-refractivity contribution < 1.29 is 27.8 Å². The number of nitrogens with one attached hydrogen (secondary N) is 1. The summed E-state index contributed by atoms with van der Waals surface area (Å²) in [7, 11) is 0. The first-order chi connectivity index (χ1) is 16.0. The van der Waals surface area contributed by atoms with Crippen LogP contribution >= 0.6 is 0 Å². The molecule has 0 saturated carbocycles. The topological polar surface area (TPSA) is 141 Å². The van der Waals surface area contributed by atoms with Crippen molar-refractivity contribution in [3.05, 3.63) is 96.8 Å². The molecule has 0 spiro atoms. The number of halogens is 3. The van der Waals surface area contributed by atoms with Gasteiger partial charge < -0.3 is 9.72 Å². The van der Waals surface area contributed by atoms with Gasteiger partial charge >= 0.3 is 17.6 Å². The van der Waals surface area contributed by atoms with Gasteiger partial charge in [-0.05, 0) is 36.4 Å². The third kappa shape index (κ3) is 4.26. The van der Waals surface area contributed by atoms with Gasteiger partial charge in [0.2, 0.25) is 0 Å². The van der Waals surface area contributed by atoms with Gasteiger partial charge in [-0.1, -0.05) is 12.1 Å². The van der Waals surface area contributed by atoms with Crippen LogP contribution in [0.15, 0.2) is 65.5 Å². The van der Waals surface area contributed by atoms with Gasteiger partial charge in [-0.2, -0.15) is 13.2 Å². The minimum absolute atomic E-state index is 0.127. The lowest BCUT2D eigenvalue weighted by Crippen LogP contribution is -2.09. The van der Waals surface area contributed by atoms with Gasteiger partial charge in [-0.25, -0.2) is 4.98 Å². The lowest BCUT2D eigenvalue weighted by atomic mass is 10.1. The van der Waals surface area contributed by atoms with Crippen LogP contribution in [0.3, 0.4) is 0 Å². The maximum absolute atomic E-state index is 13.0. The molecule has 0 aliphatic carbocycles. The van der Waals surface area contributed by atoms with Gasteiger partial charge in [0.25, 0.3) is 11.3 Å². The Hall–Kier alpha value is -4.81. The number of nitro benzene ring substituents is 2. The van der Waals surface area contributed by atoms with Crippen molar-refractivity contribution in [3.8, 4) is 22.9 Å². The largest absolute Gasteiger partial charge is 0.444 e. The molecule has 34 heavy (non-hydrogen) atoms. The molecule has 13 heteroatoms. The fraction of sp³-hybridized carbons (Fsp3) is 0.0476. The fourth-order valence-corrected chi connectivity index (χ4v) is 3.16. The van der Waals surface area contributed by atoms with Gasteiger partial charge in [-0.3, -0.25) is 25.0 Å². The van der Waals surface area contributed by atoms with Crippen LogP contribution in [0.1, 0.15) is 5.56 Å². The number of nitrogens with zero attached hydrogens (tertiary/aromatic N) is 3. The summed E-state index contributed by atoms with van der Waals surface area (Å²) in [5, 5.41) is 23.1. The first-order valence-electron chi connectivity index (χ1n) is 9.36. The van der Waals surface area contributed by atoms with Crippen molar-refractivity contribution in [1.82, 2.24) is 9.97 Å². The maximum atomic E-state index is 13.0. The van der Waals surface area contributed by atoms with Gasteiger partial charge in [0.1, 0.15) is 11.6 Å². The van der Waals surface area contributed by atoms with Crippen molar-refractivity contribution in [1.29, 1.82) is 0 Å². The number of fused-ring (bicyclic) bond motifs is 1. The summed E-state index contributed by atoms with van der Waals surface area (Å²) in [4.78, 5) is 39.5. The third-order valence-electron chi connectivity index (χ3n) is 4.73. The Morgan fingerprint density at radius 1 is 0.912 bits per heavy atom. The van der Waals surface area contributed by atoms with E-state index in [1.54, 1.807) is 24.3 Å². The average molecular weight is 472 g/mol. The summed E-state index contributed by atoms with van der Waals surface area (Å²) in [6.45, 7) is 0. The summed E-state index contributed by atoms with van der Waals surface area (Å²) in [5.74, 6) is -0.868. The highest BCUT2D eigenvalue weighted by Crippen LogP contribution is 2.44. The number of benzene rings is 3. The molecule has 4 rings (SSSR count). The molecule has 1 heterocycles. The molecule has 1 N–H and O–H groups in total. The fourth-order valence-electron chi connectivity index (χ4n) is 3.16. The molecule has 0 radical (unpaired) electrons. The number of aromatic nitrogens is 2. The number of hydrogen-bond acceptors (Lipinski definition) is 7. The van der Waals surface area contributed by atoms with Gasteiger partial charge in [-0.15, -0.1) is 0 Å². The zero-order valence-electron chi connectivity index (χ0n) is 16.7. The summed E-state index contributed by atoms with van der Waals surface area (Å²) in [5.41, 5.74) is -3.50. The van der Waals surface area contributed by atoms with Crippen LogP contribution in [0, 0.1) is 20.2 Å². The van der Waals surface area contributed by atoms with Crippen LogP contribution in [-0.2, 0) is 6.18 Å². The second kappa shape index (κ2) is 8.27. The van der Waals surface area contributed by atoms with E-state index in [4.69, 9.17) is 4.74 Å². The van der Waals surface area contributed by atoms with E-state index in [2.05, 4.69) is 9.97 Å². The first kappa shape index (κ1) is 22.4. The SMILES string of the molecule is O=c1[nH]c(-c2ccc(Oc3c([N+](=O)[O-])cc(C(F)(F)F)cc3[N+](=O)[O-])cc2)nc2ccccc12. The smallest absolute Gasteiger partial charge is 0.416 e. The van der Waals surface area contributed by atoms with E-state index in [-0.39, 0.29) is 29.3 Å². The highest BCUT2D eigenvalue weighted by atomic mass is 19.4. The third-order valence-corrected chi connectivity index (χ3v) is 4.73. The van der Waals surface area contributed by atoms with Gasteiger partial charge in [0, 0.05) is 17.7 Å². The number of hydrogen-bond donors (Lipinski definition) is 1. The van der Waals surface area contributed by atoms with Crippen molar-refractivity contribution in [2.75, 3.05) is 0 Å². The molecule has 1 aromatic heterocycles. The maximum Gasteiger partial charge on any atom is 0.416 e. The zero-order valence-corrected chi connectivity index (χ0v) is 16.7. The number of ether oxygens (including phenoxy) is 1. The van der Waals surface area contributed by atoms with E-state index in [9.17, 15) is 38.2 Å². The van der Waals surface area contributed by atoms with Crippen LogP contribution in [0.5, 0.6) is 11.5 Å². The molecule has 172 valence electrons. The van der Waals surface area contributed by atoms with Gasteiger partial charge in [0.05, 0.1) is 26.3 Å². The van der Waals surface area contributed by atoms with E-state index < -0.39 is 38.7 Å². The number of H-pyrrole nitrogens is 1. The molecule has 0 fully saturated rings. The summed E-state index contributed by atoms with van der Waals surface area (Å²) >= 11 is 0. The molecule has 4 aromatic rings. The van der Waals surface area contributed by atoms with Crippen LogP contribution in [0.25, 0.3) is 22.3 Å². The highest BCUT2D eigenvalue weighted by Gasteiger charge is 2.38. The van der Waals surface area contributed by atoms with Crippen LogP contribution in [0.2, 0.25) is 0 Å². The summed E-state index contributed by atoms with van der Waals surface area (Å²) in [6, 6.07) is 12.4. The molecule has 3 aromatic carbocycles. The van der Waals surface area contributed by atoms with Crippen LogP contribution in [-0.4, -0.2) is 19.8 Å². The van der Waals surface area contributed by atoms with Crippen molar-refractivity contribution >= 4 is 22.3 Å². The molecule has 0 unspecified atom stereocenters. The number of nitro groups is 2. The van der Waals surface area contributed by atoms with Crippen LogP contribution in [0.4, 0.5) is 24.5 Å². The van der Waals surface area contributed by atoms with E-state index in [0.29, 0.717) is 16.5 Å². The normalized spacial score (nSPS) is 11.4. The molecule has 0 amide bonds. The Morgan fingerprint density at radius 3 is 2.06 bits per heavy atom. The Balaban J connectivity index is 1.73. The minimum Gasteiger partial charge on any atom is -0.444 e. The van der Waals surface area contributed by atoms with Crippen molar-refractivity contribution in [2.24, 2.45) is 0 Å². The molecular formula is C21H11F3N4O6. The van der Waals surface area contributed by atoms with Gasteiger partial charge in [0.15, 0.2) is 0 Å². The van der Waals surface area contributed by atoms with E-state index in [0.717, 1.165) is 0 Å². The minimum atomic E-state index is -5.04. The van der Waals surface area contributed by atoms with Crippen LogP contribution < -0.4 is 10.3 Å². The standard InChI is InChI=1S/C21H11F3N4O6/c22-21(23,24)12-9-16(27(30)31)18(17(10-12)28(32)33)34-13-7-5-11(6-8-13)19-25-15-4-2-1-3-14(15)20(29)26-19/h1-10H,(H,25,26,29). The van der Waals surface area contributed by atoms with E-state index in [1.807, 2.05) is 0 Å². The highest BCUT2D eigenvalue weighted by molar-refractivity contribution is 5.79. The first-order valence-corrected chi connectivity index (χ1v) is 9.36. The average Bonchev–Trinajstić information content (AvgIpc) is 2.78. The molecule has 10 nitrogen and oxygen atoms in total. The van der Waals surface area contributed by atoms with Crippen molar-refractivity contribution in [2.45, 2.75) is 6.18 Å². The number of aromatic amines is 1. The Labute approximate surface area is 186 Å². The monoisotopic (exact) mass is 472 g/mol. The lowest BCUT2D eigenvalue weighted by molar-refractivity contribution is -0.396. The molecule has 0 aliphatic heterocycles. The molecule has 0 saturated heterocycles. The Kier molecular flexibility index (Phi) is 5.45. The number of rotatable bonds is 5. The molecule has 0 bridgehead atoms. The Morgan fingerprint density at radius 2 is 1.50 bits per heavy atom. The molecule has 0 atom stereocenters. The van der Waals surface area contributed by atoms with E-state index >= 15 is 0 Å². The van der Waals surface area contributed by atoms with E-state index in [1.165, 1.54) is 24.3 Å². The quantitative estimate of drug-likeness (QED) is 0.310.